The first-order chi connectivity index (χ1) is 14.5. The lowest BCUT2D eigenvalue weighted by Crippen LogP contribution is -2.26. The highest BCUT2D eigenvalue weighted by Gasteiger charge is 2.21. The summed E-state index contributed by atoms with van der Waals surface area (Å²) >= 11 is 0. The number of benzene rings is 1. The van der Waals surface area contributed by atoms with Crippen molar-refractivity contribution in [3.05, 3.63) is 56.9 Å². The van der Waals surface area contributed by atoms with Crippen molar-refractivity contribution in [3.8, 4) is 0 Å². The van der Waals surface area contributed by atoms with E-state index in [1.165, 1.54) is 19.3 Å². The van der Waals surface area contributed by atoms with Crippen molar-refractivity contribution in [3.63, 3.8) is 0 Å². The molecule has 0 radical (unpaired) electrons. The van der Waals surface area contributed by atoms with E-state index >= 15 is 0 Å². The Hall–Kier alpha value is -2.74. The maximum absolute atomic E-state index is 12.3. The van der Waals surface area contributed by atoms with E-state index in [4.69, 9.17) is 4.74 Å². The van der Waals surface area contributed by atoms with Gasteiger partial charge in [0.1, 0.15) is 11.4 Å². The van der Waals surface area contributed by atoms with Crippen LogP contribution in [0.4, 0.5) is 5.69 Å². The quantitative estimate of drug-likeness (QED) is 0.381. The number of rotatable bonds is 9. The molecule has 1 aromatic heterocycles. The highest BCUT2D eigenvalue weighted by atomic mass is 16.6. The fraction of sp³-hybridized carbons (Fsp3) is 0.545. The molecule has 8 heteroatoms. The van der Waals surface area contributed by atoms with Gasteiger partial charge >= 0.3 is 5.69 Å². The Labute approximate surface area is 176 Å². The van der Waals surface area contributed by atoms with Gasteiger partial charge in [-0.25, -0.2) is 0 Å². The normalized spacial score (nSPS) is 14.6. The molecule has 1 heterocycles. The molecule has 3 rings (SSSR count). The number of amides is 1. The molecule has 0 atom stereocenters. The fourth-order valence-electron chi connectivity index (χ4n) is 3.90. The summed E-state index contributed by atoms with van der Waals surface area (Å²) in [6, 6.07) is 7.24. The van der Waals surface area contributed by atoms with E-state index < -0.39 is 4.92 Å². The summed E-state index contributed by atoms with van der Waals surface area (Å²) in [4.78, 5) is 23.0. The van der Waals surface area contributed by atoms with Crippen LogP contribution in [0.15, 0.2) is 24.3 Å². The number of carbonyl (C=O) groups is 1. The predicted octanol–water partition coefficient (Wildman–Crippen LogP) is 3.93. The second kappa shape index (κ2) is 10.3. The van der Waals surface area contributed by atoms with Crippen LogP contribution in [0.3, 0.4) is 0 Å². The number of hydrogen-bond donors (Lipinski definition) is 1. The zero-order valence-corrected chi connectivity index (χ0v) is 17.7. The van der Waals surface area contributed by atoms with Crippen LogP contribution in [0.25, 0.3) is 0 Å². The lowest BCUT2D eigenvalue weighted by molar-refractivity contribution is -0.386. The van der Waals surface area contributed by atoms with Crippen molar-refractivity contribution in [2.45, 2.75) is 65.0 Å². The highest BCUT2D eigenvalue weighted by Crippen LogP contribution is 2.23. The van der Waals surface area contributed by atoms with Gasteiger partial charge in [-0.1, -0.05) is 31.4 Å². The third-order valence-corrected chi connectivity index (χ3v) is 5.59. The summed E-state index contributed by atoms with van der Waals surface area (Å²) in [5.41, 5.74) is 2.49. The SMILES string of the molecule is Cc1nn(Cc2ccc(C(=O)NCCCOC3CCCCC3)cc2)c(C)c1[N+](=O)[O-]. The number of nitrogens with one attached hydrogen (secondary N) is 1. The van der Waals surface area contributed by atoms with Gasteiger partial charge in [0.2, 0.25) is 0 Å². The van der Waals surface area contributed by atoms with Crippen LogP contribution < -0.4 is 5.32 Å². The second-order valence-corrected chi connectivity index (χ2v) is 7.87. The number of ether oxygens (including phenoxy) is 1. The summed E-state index contributed by atoms with van der Waals surface area (Å²) < 4.78 is 7.50. The number of hydrogen-bond acceptors (Lipinski definition) is 5. The Morgan fingerprint density at radius 3 is 2.57 bits per heavy atom. The minimum Gasteiger partial charge on any atom is -0.378 e. The molecule has 2 aromatic rings. The van der Waals surface area contributed by atoms with E-state index in [-0.39, 0.29) is 11.6 Å². The standard InChI is InChI=1S/C22H30N4O4/c1-16-21(26(28)29)17(2)25(24-16)15-18-9-11-19(12-10-18)22(27)23-13-6-14-30-20-7-4-3-5-8-20/h9-12,20H,3-8,13-15H2,1-2H3,(H,23,27). The summed E-state index contributed by atoms with van der Waals surface area (Å²) in [5, 5.41) is 18.3. The molecule has 0 spiro atoms. The fourth-order valence-corrected chi connectivity index (χ4v) is 3.90. The molecule has 162 valence electrons. The largest absolute Gasteiger partial charge is 0.378 e. The molecule has 1 amide bonds. The second-order valence-electron chi connectivity index (χ2n) is 7.87. The Bertz CT molecular complexity index is 870. The van der Waals surface area contributed by atoms with Crippen molar-refractivity contribution in [2.24, 2.45) is 0 Å². The molecule has 1 fully saturated rings. The van der Waals surface area contributed by atoms with Crippen LogP contribution in [0, 0.1) is 24.0 Å². The smallest absolute Gasteiger partial charge is 0.312 e. The van der Waals surface area contributed by atoms with Gasteiger partial charge in [-0.3, -0.25) is 19.6 Å². The van der Waals surface area contributed by atoms with Crippen LogP contribution in [0.1, 0.15) is 65.8 Å². The summed E-state index contributed by atoms with van der Waals surface area (Å²) in [6.07, 6.45) is 7.34. The molecular weight excluding hydrogens is 384 g/mol. The van der Waals surface area contributed by atoms with Gasteiger partial charge < -0.3 is 10.1 Å². The van der Waals surface area contributed by atoms with Gasteiger partial charge in [-0.05, 0) is 50.8 Å². The van der Waals surface area contributed by atoms with Crippen molar-refractivity contribution in [1.82, 2.24) is 15.1 Å². The van der Waals surface area contributed by atoms with Gasteiger partial charge in [0.25, 0.3) is 5.91 Å². The molecule has 1 aliphatic rings. The maximum Gasteiger partial charge on any atom is 0.312 e. The highest BCUT2D eigenvalue weighted by molar-refractivity contribution is 5.94. The van der Waals surface area contributed by atoms with Crippen molar-refractivity contribution < 1.29 is 14.5 Å². The summed E-state index contributed by atoms with van der Waals surface area (Å²) in [7, 11) is 0. The van der Waals surface area contributed by atoms with Gasteiger partial charge in [0, 0.05) is 18.7 Å². The average Bonchev–Trinajstić information content (AvgIpc) is 3.02. The number of aryl methyl sites for hydroxylation is 1. The Morgan fingerprint density at radius 1 is 1.23 bits per heavy atom. The minimum absolute atomic E-state index is 0.0541. The Morgan fingerprint density at radius 2 is 1.93 bits per heavy atom. The van der Waals surface area contributed by atoms with Gasteiger partial charge in [-0.15, -0.1) is 0 Å². The monoisotopic (exact) mass is 414 g/mol. The van der Waals surface area contributed by atoms with Crippen LogP contribution >= 0.6 is 0 Å². The lowest BCUT2D eigenvalue weighted by atomic mass is 9.98. The van der Waals surface area contributed by atoms with Crippen LogP contribution in [-0.4, -0.2) is 39.9 Å². The van der Waals surface area contributed by atoms with E-state index in [1.54, 1.807) is 30.7 Å². The van der Waals surface area contributed by atoms with Gasteiger partial charge in [0.05, 0.1) is 17.6 Å². The van der Waals surface area contributed by atoms with Crippen LogP contribution in [-0.2, 0) is 11.3 Å². The van der Waals surface area contributed by atoms with E-state index in [9.17, 15) is 14.9 Å². The molecule has 0 saturated heterocycles. The van der Waals surface area contributed by atoms with Crippen LogP contribution in [0.2, 0.25) is 0 Å². The number of nitro groups is 1. The molecule has 1 saturated carbocycles. The van der Waals surface area contributed by atoms with Crippen LogP contribution in [0.5, 0.6) is 0 Å². The predicted molar refractivity (Wildman–Crippen MR) is 114 cm³/mol. The maximum atomic E-state index is 12.3. The molecular formula is C22H30N4O4. The topological polar surface area (TPSA) is 99.3 Å². The molecule has 1 N–H and O–H groups in total. The van der Waals surface area contributed by atoms with Gasteiger partial charge in [0.15, 0.2) is 0 Å². The summed E-state index contributed by atoms with van der Waals surface area (Å²) in [5.74, 6) is -0.110. The first kappa shape index (κ1) is 22.0. The molecule has 0 unspecified atom stereocenters. The number of nitrogens with zero attached hydrogens (tertiary/aromatic N) is 3. The zero-order valence-electron chi connectivity index (χ0n) is 17.7. The number of aromatic nitrogens is 2. The first-order valence-corrected chi connectivity index (χ1v) is 10.6. The molecule has 0 aliphatic heterocycles. The van der Waals surface area contributed by atoms with Gasteiger partial charge in [-0.2, -0.15) is 5.10 Å². The average molecular weight is 415 g/mol. The Kier molecular flexibility index (Phi) is 7.57. The zero-order chi connectivity index (χ0) is 21.5. The van der Waals surface area contributed by atoms with Crippen molar-refractivity contribution in [2.75, 3.05) is 13.2 Å². The van der Waals surface area contributed by atoms with E-state index in [0.29, 0.717) is 42.8 Å². The Balaban J connectivity index is 1.45. The molecule has 1 aliphatic carbocycles. The van der Waals surface area contributed by atoms with Crippen molar-refractivity contribution >= 4 is 11.6 Å². The third-order valence-electron chi connectivity index (χ3n) is 5.59. The summed E-state index contributed by atoms with van der Waals surface area (Å²) in [6.45, 7) is 5.01. The molecule has 8 nitrogen and oxygen atoms in total. The molecule has 30 heavy (non-hydrogen) atoms. The lowest BCUT2D eigenvalue weighted by Gasteiger charge is -2.21. The van der Waals surface area contributed by atoms with E-state index in [0.717, 1.165) is 24.8 Å². The molecule has 1 aromatic carbocycles. The molecule has 0 bridgehead atoms. The van der Waals surface area contributed by atoms with Crippen molar-refractivity contribution in [1.29, 1.82) is 0 Å². The number of carbonyl (C=O) groups excluding carboxylic acids is 1. The first-order valence-electron chi connectivity index (χ1n) is 10.6. The van der Waals surface area contributed by atoms with E-state index in [2.05, 4.69) is 10.4 Å². The minimum atomic E-state index is -0.401. The van der Waals surface area contributed by atoms with E-state index in [1.807, 2.05) is 12.1 Å². The third kappa shape index (κ3) is 5.66.